The van der Waals surface area contributed by atoms with Crippen molar-refractivity contribution in [2.24, 2.45) is 0 Å². The monoisotopic (exact) mass is 287 g/mol. The van der Waals surface area contributed by atoms with E-state index in [-0.39, 0.29) is 0 Å². The summed E-state index contributed by atoms with van der Waals surface area (Å²) in [6.45, 7) is 10.4. The highest BCUT2D eigenvalue weighted by Gasteiger charge is 2.31. The fourth-order valence-electron chi connectivity index (χ4n) is 3.25. The first kappa shape index (κ1) is 15.0. The molecule has 1 saturated heterocycles. The molecule has 1 aromatic carbocycles. The lowest BCUT2D eigenvalue weighted by molar-refractivity contribution is 0.121. The molecule has 1 saturated carbocycles. The normalized spacial score (nSPS) is 20.8. The van der Waals surface area contributed by atoms with E-state index >= 15 is 0 Å². The quantitative estimate of drug-likeness (QED) is 0.777. The van der Waals surface area contributed by atoms with Gasteiger partial charge in [-0.1, -0.05) is 31.2 Å². The Morgan fingerprint density at radius 2 is 1.76 bits per heavy atom. The van der Waals surface area contributed by atoms with Crippen LogP contribution in [0.1, 0.15) is 37.3 Å². The van der Waals surface area contributed by atoms with Crippen LogP contribution in [0.15, 0.2) is 24.3 Å². The van der Waals surface area contributed by atoms with Gasteiger partial charge in [0.2, 0.25) is 0 Å². The van der Waals surface area contributed by atoms with Gasteiger partial charge in [0.25, 0.3) is 0 Å². The molecule has 0 spiro atoms. The Morgan fingerprint density at radius 1 is 1.05 bits per heavy atom. The van der Waals surface area contributed by atoms with Crippen molar-refractivity contribution in [3.63, 3.8) is 0 Å². The molecule has 116 valence electrons. The standard InChI is InChI=1S/C18H29N3/c1-2-9-19-14-16-5-3-4-6-17(16)15-20-10-12-21(13-11-20)18-7-8-18/h3-6,18-19H,2,7-15H2,1H3. The van der Waals surface area contributed by atoms with E-state index in [1.165, 1.54) is 56.6 Å². The van der Waals surface area contributed by atoms with Gasteiger partial charge in [0.15, 0.2) is 0 Å². The molecule has 3 rings (SSSR count). The van der Waals surface area contributed by atoms with Gasteiger partial charge in [-0.15, -0.1) is 0 Å². The largest absolute Gasteiger partial charge is 0.313 e. The molecular weight excluding hydrogens is 258 g/mol. The summed E-state index contributed by atoms with van der Waals surface area (Å²) in [7, 11) is 0. The minimum atomic E-state index is 0.928. The highest BCUT2D eigenvalue weighted by atomic mass is 15.3. The zero-order chi connectivity index (χ0) is 14.5. The second kappa shape index (κ2) is 7.39. The molecular formula is C18H29N3. The molecule has 0 bridgehead atoms. The second-order valence-electron chi connectivity index (χ2n) is 6.49. The Morgan fingerprint density at radius 3 is 2.43 bits per heavy atom. The smallest absolute Gasteiger partial charge is 0.0238 e. The fraction of sp³-hybridized carbons (Fsp3) is 0.667. The van der Waals surface area contributed by atoms with E-state index in [1.54, 1.807) is 0 Å². The van der Waals surface area contributed by atoms with Crippen LogP contribution in [0.2, 0.25) is 0 Å². The zero-order valence-electron chi connectivity index (χ0n) is 13.4. The Balaban J connectivity index is 1.52. The van der Waals surface area contributed by atoms with Crippen molar-refractivity contribution in [2.75, 3.05) is 32.7 Å². The van der Waals surface area contributed by atoms with Gasteiger partial charge in [-0.2, -0.15) is 0 Å². The highest BCUT2D eigenvalue weighted by molar-refractivity contribution is 5.27. The highest BCUT2D eigenvalue weighted by Crippen LogP contribution is 2.27. The lowest BCUT2D eigenvalue weighted by Crippen LogP contribution is -2.46. The van der Waals surface area contributed by atoms with Crippen molar-refractivity contribution in [3.8, 4) is 0 Å². The topological polar surface area (TPSA) is 18.5 Å². The van der Waals surface area contributed by atoms with Crippen LogP contribution in [0.3, 0.4) is 0 Å². The van der Waals surface area contributed by atoms with Gasteiger partial charge in [-0.05, 0) is 36.9 Å². The molecule has 0 unspecified atom stereocenters. The molecule has 1 aliphatic heterocycles. The predicted octanol–water partition coefficient (Wildman–Crippen LogP) is 2.47. The molecule has 2 aliphatic rings. The third kappa shape index (κ3) is 4.29. The van der Waals surface area contributed by atoms with Gasteiger partial charge in [0, 0.05) is 45.3 Å². The van der Waals surface area contributed by atoms with E-state index in [9.17, 15) is 0 Å². The van der Waals surface area contributed by atoms with Crippen LogP contribution in [-0.4, -0.2) is 48.6 Å². The first-order chi connectivity index (χ1) is 10.4. The molecule has 21 heavy (non-hydrogen) atoms. The summed E-state index contributed by atoms with van der Waals surface area (Å²) in [5.74, 6) is 0. The van der Waals surface area contributed by atoms with Crippen LogP contribution >= 0.6 is 0 Å². The van der Waals surface area contributed by atoms with E-state index in [0.29, 0.717) is 0 Å². The third-order valence-electron chi connectivity index (χ3n) is 4.72. The summed E-state index contributed by atoms with van der Waals surface area (Å²) < 4.78 is 0. The molecule has 0 atom stereocenters. The van der Waals surface area contributed by atoms with E-state index < -0.39 is 0 Å². The van der Waals surface area contributed by atoms with Crippen LogP contribution in [0.5, 0.6) is 0 Å². The van der Waals surface area contributed by atoms with Crippen LogP contribution < -0.4 is 5.32 Å². The molecule has 0 aromatic heterocycles. The maximum atomic E-state index is 3.53. The summed E-state index contributed by atoms with van der Waals surface area (Å²) in [4.78, 5) is 5.31. The Bertz CT molecular complexity index is 434. The number of hydrogen-bond acceptors (Lipinski definition) is 3. The lowest BCUT2D eigenvalue weighted by Gasteiger charge is -2.35. The molecule has 1 aromatic rings. The van der Waals surface area contributed by atoms with Gasteiger partial charge in [-0.25, -0.2) is 0 Å². The van der Waals surface area contributed by atoms with Crippen LogP contribution in [0, 0.1) is 0 Å². The van der Waals surface area contributed by atoms with Crippen molar-refractivity contribution >= 4 is 0 Å². The first-order valence-electron chi connectivity index (χ1n) is 8.60. The van der Waals surface area contributed by atoms with Crippen LogP contribution in [0.4, 0.5) is 0 Å². The first-order valence-corrected chi connectivity index (χ1v) is 8.60. The second-order valence-corrected chi connectivity index (χ2v) is 6.49. The summed E-state index contributed by atoms with van der Waals surface area (Å²) >= 11 is 0. The molecule has 1 aliphatic carbocycles. The molecule has 1 N–H and O–H groups in total. The summed E-state index contributed by atoms with van der Waals surface area (Å²) in [5.41, 5.74) is 2.97. The fourth-order valence-corrected chi connectivity index (χ4v) is 3.25. The predicted molar refractivity (Wildman–Crippen MR) is 88.3 cm³/mol. The number of nitrogens with zero attached hydrogens (tertiary/aromatic N) is 2. The number of rotatable bonds is 7. The van der Waals surface area contributed by atoms with Gasteiger partial charge >= 0.3 is 0 Å². The minimum absolute atomic E-state index is 0.928. The van der Waals surface area contributed by atoms with Crippen molar-refractivity contribution in [1.29, 1.82) is 0 Å². The zero-order valence-corrected chi connectivity index (χ0v) is 13.4. The Kier molecular flexibility index (Phi) is 5.28. The molecule has 3 heteroatoms. The molecule has 3 nitrogen and oxygen atoms in total. The molecule has 0 amide bonds. The summed E-state index contributed by atoms with van der Waals surface area (Å²) in [6.07, 6.45) is 4.07. The van der Waals surface area contributed by atoms with E-state index in [2.05, 4.69) is 46.3 Å². The van der Waals surface area contributed by atoms with E-state index in [4.69, 9.17) is 0 Å². The number of piperazine rings is 1. The average molecular weight is 287 g/mol. The number of benzene rings is 1. The Labute approximate surface area is 129 Å². The van der Waals surface area contributed by atoms with Crippen molar-refractivity contribution in [3.05, 3.63) is 35.4 Å². The van der Waals surface area contributed by atoms with E-state index in [0.717, 1.165) is 25.7 Å². The van der Waals surface area contributed by atoms with Gasteiger partial charge in [-0.3, -0.25) is 9.80 Å². The number of nitrogens with one attached hydrogen (secondary N) is 1. The maximum Gasteiger partial charge on any atom is 0.0238 e. The summed E-state index contributed by atoms with van der Waals surface area (Å²) in [5, 5.41) is 3.53. The van der Waals surface area contributed by atoms with Gasteiger partial charge in [0.1, 0.15) is 0 Å². The van der Waals surface area contributed by atoms with Crippen molar-refractivity contribution in [2.45, 2.75) is 45.3 Å². The lowest BCUT2D eigenvalue weighted by atomic mass is 10.1. The minimum Gasteiger partial charge on any atom is -0.313 e. The number of hydrogen-bond donors (Lipinski definition) is 1. The van der Waals surface area contributed by atoms with Crippen molar-refractivity contribution in [1.82, 2.24) is 15.1 Å². The molecule has 2 fully saturated rings. The van der Waals surface area contributed by atoms with Crippen LogP contribution in [0.25, 0.3) is 0 Å². The van der Waals surface area contributed by atoms with E-state index in [1.807, 2.05) is 0 Å². The average Bonchev–Trinajstić information content (AvgIpc) is 3.35. The SMILES string of the molecule is CCCNCc1ccccc1CN1CCN(C2CC2)CC1. The maximum absolute atomic E-state index is 3.53. The van der Waals surface area contributed by atoms with Gasteiger partial charge in [0.05, 0.1) is 0 Å². The molecule has 0 radical (unpaired) electrons. The van der Waals surface area contributed by atoms with Crippen molar-refractivity contribution < 1.29 is 0 Å². The van der Waals surface area contributed by atoms with Gasteiger partial charge < -0.3 is 5.32 Å². The Hall–Kier alpha value is -0.900. The third-order valence-corrected chi connectivity index (χ3v) is 4.72. The molecule has 1 heterocycles. The van der Waals surface area contributed by atoms with Crippen LogP contribution in [-0.2, 0) is 13.1 Å². The summed E-state index contributed by atoms with van der Waals surface area (Å²) in [6, 6.07) is 9.85.